The van der Waals surface area contributed by atoms with Crippen LogP contribution in [0.5, 0.6) is 5.75 Å². The standard InChI is InChI=1S/C18H20ClN7O4.HI/c1-3-26-11-6-9(30-8-13(27)28)4-5-10(11)25(2)12(26)7-22-18(29)14-16(20)24-17(21)15(19)23-14;/h4-6H,3,7-8H2,1-2H3,(H5-,20,21,22,24,27,28,29);1H. The Hall–Kier alpha value is -2.87. The van der Waals surface area contributed by atoms with Crippen LogP contribution in [0.2, 0.25) is 5.15 Å². The lowest BCUT2D eigenvalue weighted by atomic mass is 10.3. The van der Waals surface area contributed by atoms with Crippen LogP contribution in [0.15, 0.2) is 18.2 Å². The summed E-state index contributed by atoms with van der Waals surface area (Å²) in [5, 5.41) is 11.5. The van der Waals surface area contributed by atoms with Gasteiger partial charge in [0.2, 0.25) is 0 Å². The topological polar surface area (TPSA) is 162 Å². The van der Waals surface area contributed by atoms with E-state index in [4.69, 9.17) is 32.9 Å². The van der Waals surface area contributed by atoms with E-state index in [1.54, 1.807) is 12.1 Å². The van der Waals surface area contributed by atoms with Gasteiger partial charge in [0.15, 0.2) is 40.1 Å². The van der Waals surface area contributed by atoms with Crippen LogP contribution in [0.1, 0.15) is 23.2 Å². The Morgan fingerprint density at radius 3 is 2.65 bits per heavy atom. The van der Waals surface area contributed by atoms with Gasteiger partial charge in [-0.1, -0.05) is 11.6 Å². The summed E-state index contributed by atoms with van der Waals surface area (Å²) in [6.45, 7) is 2.31. The van der Waals surface area contributed by atoms with E-state index in [2.05, 4.69) is 15.3 Å². The van der Waals surface area contributed by atoms with E-state index in [9.17, 15) is 9.59 Å². The minimum absolute atomic E-state index is 0. The molecule has 0 saturated carbocycles. The number of carbonyl (C=O) groups is 2. The molecule has 11 nitrogen and oxygen atoms in total. The third kappa shape index (κ3) is 5.07. The van der Waals surface area contributed by atoms with Gasteiger partial charge in [0, 0.05) is 6.07 Å². The van der Waals surface area contributed by atoms with Crippen LogP contribution in [-0.2, 0) is 24.9 Å². The molecule has 0 radical (unpaired) electrons. The first-order valence-electron chi connectivity index (χ1n) is 8.95. The molecule has 0 spiro atoms. The van der Waals surface area contributed by atoms with E-state index >= 15 is 0 Å². The summed E-state index contributed by atoms with van der Waals surface area (Å²) in [4.78, 5) is 31.0. The van der Waals surface area contributed by atoms with Gasteiger partial charge in [0.25, 0.3) is 11.7 Å². The second kappa shape index (κ2) is 9.96. The number of nitrogens with two attached hydrogens (primary N) is 2. The number of anilines is 2. The maximum absolute atomic E-state index is 12.5. The molecule has 0 bridgehead atoms. The monoisotopic (exact) mass is 561 g/mol. The Balaban J connectivity index is 0.00000341. The normalized spacial score (nSPS) is 10.5. The van der Waals surface area contributed by atoms with E-state index < -0.39 is 18.5 Å². The average molecular weight is 562 g/mol. The molecule has 2 aromatic heterocycles. The van der Waals surface area contributed by atoms with Crippen molar-refractivity contribution in [2.45, 2.75) is 20.0 Å². The maximum Gasteiger partial charge on any atom is 0.341 e. The van der Waals surface area contributed by atoms with E-state index in [0.717, 1.165) is 16.9 Å². The van der Waals surface area contributed by atoms with Crippen LogP contribution in [-0.4, -0.2) is 38.1 Å². The number of nitrogen functional groups attached to an aromatic ring is 2. The molecule has 6 N–H and O–H groups in total. The molecule has 0 aliphatic heterocycles. The number of aryl methyl sites for hydroxylation is 2. The van der Waals surface area contributed by atoms with E-state index in [1.165, 1.54) is 0 Å². The molecule has 3 rings (SSSR count). The zero-order valence-corrected chi connectivity index (χ0v) is 19.6. The second-order valence-electron chi connectivity index (χ2n) is 6.37. The molecule has 0 aliphatic carbocycles. The van der Waals surface area contributed by atoms with Crippen molar-refractivity contribution in [1.29, 1.82) is 0 Å². The minimum atomic E-state index is -1.06. The van der Waals surface area contributed by atoms with Crippen LogP contribution >= 0.6 is 11.6 Å². The van der Waals surface area contributed by atoms with Crippen molar-refractivity contribution in [2.24, 2.45) is 7.05 Å². The molecule has 1 aromatic carbocycles. The van der Waals surface area contributed by atoms with Gasteiger partial charge in [0.1, 0.15) is 12.3 Å². The Labute approximate surface area is 199 Å². The van der Waals surface area contributed by atoms with E-state index in [0.29, 0.717) is 12.3 Å². The summed E-state index contributed by atoms with van der Waals surface area (Å²) in [5.74, 6) is -0.531. The number of aliphatic carboxylic acids is 1. The number of carbonyl (C=O) groups excluding carboxylic acids is 1. The highest BCUT2D eigenvalue weighted by atomic mass is 127. The predicted octanol–water partition coefficient (Wildman–Crippen LogP) is -2.51. The van der Waals surface area contributed by atoms with Crippen LogP contribution in [0, 0.1) is 0 Å². The van der Waals surface area contributed by atoms with E-state index in [-0.39, 0.29) is 53.0 Å². The van der Waals surface area contributed by atoms with Crippen LogP contribution < -0.4 is 50.1 Å². The number of fused-ring (bicyclic) bond motifs is 1. The first-order valence-corrected chi connectivity index (χ1v) is 9.33. The fourth-order valence-electron chi connectivity index (χ4n) is 3.12. The third-order valence-corrected chi connectivity index (χ3v) is 4.78. The number of halogens is 2. The number of ether oxygens (including phenoxy) is 1. The zero-order chi connectivity index (χ0) is 22.0. The first kappa shape index (κ1) is 24.4. The SMILES string of the molecule is CCn1c(CNC(=O)c2nc(Cl)c(N)nc2N)[n+](C)c2ccc(OCC(=O)O)cc21.[I-]. The third-order valence-electron chi connectivity index (χ3n) is 4.50. The van der Waals surface area contributed by atoms with Gasteiger partial charge in [-0.2, -0.15) is 0 Å². The summed E-state index contributed by atoms with van der Waals surface area (Å²) in [6.07, 6.45) is 0. The molecule has 1 amide bonds. The number of imidazole rings is 1. The highest BCUT2D eigenvalue weighted by Crippen LogP contribution is 2.21. The molecular formula is C18H21ClIN7O4. The summed E-state index contributed by atoms with van der Waals surface area (Å²) in [5.41, 5.74) is 12.9. The van der Waals surface area contributed by atoms with Crippen molar-refractivity contribution in [3.8, 4) is 5.75 Å². The number of hydrogen-bond acceptors (Lipinski definition) is 7. The summed E-state index contributed by atoms with van der Waals surface area (Å²) in [7, 11) is 1.86. The molecule has 3 aromatic rings. The quantitative estimate of drug-likeness (QED) is 0.182. The van der Waals surface area contributed by atoms with Gasteiger partial charge >= 0.3 is 5.97 Å². The number of aromatic nitrogens is 4. The van der Waals surface area contributed by atoms with Crippen molar-refractivity contribution in [1.82, 2.24) is 19.9 Å². The summed E-state index contributed by atoms with van der Waals surface area (Å²) < 4.78 is 9.17. The molecule has 0 unspecified atom stereocenters. The van der Waals surface area contributed by atoms with Crippen LogP contribution in [0.3, 0.4) is 0 Å². The number of nitrogens with one attached hydrogen (secondary N) is 1. The van der Waals surface area contributed by atoms with Crippen LogP contribution in [0.25, 0.3) is 11.0 Å². The Bertz CT molecular complexity index is 1150. The number of rotatable bonds is 7. The molecule has 0 aliphatic rings. The Morgan fingerprint density at radius 2 is 2.00 bits per heavy atom. The van der Waals surface area contributed by atoms with Gasteiger partial charge in [-0.15, -0.1) is 0 Å². The van der Waals surface area contributed by atoms with Gasteiger partial charge in [-0.3, -0.25) is 4.79 Å². The van der Waals surface area contributed by atoms with Crippen molar-refractivity contribution in [2.75, 3.05) is 18.1 Å². The van der Waals surface area contributed by atoms with Gasteiger partial charge in [-0.05, 0) is 19.1 Å². The average Bonchev–Trinajstić information content (AvgIpc) is 2.97. The molecule has 0 fully saturated rings. The lowest BCUT2D eigenvalue weighted by molar-refractivity contribution is -0.654. The molecule has 0 atom stereocenters. The fraction of sp³-hybridized carbons (Fsp3) is 0.278. The first-order chi connectivity index (χ1) is 14.2. The number of amides is 1. The van der Waals surface area contributed by atoms with Crippen molar-refractivity contribution >= 4 is 46.1 Å². The van der Waals surface area contributed by atoms with Crippen molar-refractivity contribution in [3.63, 3.8) is 0 Å². The minimum Gasteiger partial charge on any atom is -1.00 e. The smallest absolute Gasteiger partial charge is 0.341 e. The number of benzene rings is 1. The lowest BCUT2D eigenvalue weighted by Gasteiger charge is -2.07. The molecule has 166 valence electrons. The lowest BCUT2D eigenvalue weighted by Crippen LogP contribution is -3.00. The largest absolute Gasteiger partial charge is 1.00 e. The van der Waals surface area contributed by atoms with Gasteiger partial charge in [-0.25, -0.2) is 23.9 Å². The number of nitrogens with zero attached hydrogens (tertiary/aromatic N) is 4. The van der Waals surface area contributed by atoms with Gasteiger partial charge in [0.05, 0.1) is 13.6 Å². The number of carboxylic acid groups (broad SMARTS) is 1. The highest BCUT2D eigenvalue weighted by Gasteiger charge is 2.24. The number of hydrogen-bond donors (Lipinski definition) is 4. The second-order valence-corrected chi connectivity index (χ2v) is 6.73. The van der Waals surface area contributed by atoms with Crippen LogP contribution in [0.4, 0.5) is 11.6 Å². The summed E-state index contributed by atoms with van der Waals surface area (Å²) in [6, 6.07) is 5.28. The fourth-order valence-corrected chi connectivity index (χ4v) is 3.24. The zero-order valence-electron chi connectivity index (χ0n) is 16.7. The Morgan fingerprint density at radius 1 is 1.29 bits per heavy atom. The maximum atomic E-state index is 12.5. The molecular weight excluding hydrogens is 541 g/mol. The van der Waals surface area contributed by atoms with Crippen molar-refractivity contribution in [3.05, 3.63) is 34.9 Å². The molecule has 31 heavy (non-hydrogen) atoms. The van der Waals surface area contributed by atoms with E-state index in [1.807, 2.05) is 29.2 Å². The Kier molecular flexibility index (Phi) is 7.84. The molecule has 0 saturated heterocycles. The molecule has 13 heteroatoms. The predicted molar refractivity (Wildman–Crippen MR) is 109 cm³/mol. The molecule has 2 heterocycles. The number of carboxylic acids is 1. The van der Waals surface area contributed by atoms with Gasteiger partial charge < -0.3 is 50.6 Å². The summed E-state index contributed by atoms with van der Waals surface area (Å²) >= 11 is 5.84. The highest BCUT2D eigenvalue weighted by molar-refractivity contribution is 6.31. The van der Waals surface area contributed by atoms with Crippen molar-refractivity contribution < 1.29 is 48.0 Å².